The highest BCUT2D eigenvalue weighted by atomic mass is 79.9. The van der Waals surface area contributed by atoms with E-state index in [1.54, 1.807) is 6.07 Å². The van der Waals surface area contributed by atoms with Gasteiger partial charge in [0.2, 0.25) is 0 Å². The fourth-order valence-electron chi connectivity index (χ4n) is 1.32. The van der Waals surface area contributed by atoms with E-state index in [4.69, 9.17) is 0 Å². The molecule has 1 aromatic carbocycles. The van der Waals surface area contributed by atoms with E-state index in [-0.39, 0.29) is 16.9 Å². The summed E-state index contributed by atoms with van der Waals surface area (Å²) in [5, 5.41) is 2.77. The number of amides is 1. The summed E-state index contributed by atoms with van der Waals surface area (Å²) < 4.78 is 14.2. The molecule has 0 aliphatic rings. The molecule has 100 valence electrons. The Morgan fingerprint density at radius 2 is 2.06 bits per heavy atom. The Labute approximate surface area is 116 Å². The Balaban J connectivity index is 2.66. The minimum Gasteiger partial charge on any atom is -0.352 e. The lowest BCUT2D eigenvalue weighted by atomic mass is 9.82. The van der Waals surface area contributed by atoms with E-state index in [0.29, 0.717) is 16.9 Å². The second kappa shape index (κ2) is 5.83. The van der Waals surface area contributed by atoms with Crippen molar-refractivity contribution in [3.63, 3.8) is 0 Å². The number of carbonyl (C=O) groups is 1. The molecule has 1 atom stereocenters. The zero-order chi connectivity index (χ0) is 13.9. The Bertz CT molecular complexity index is 440. The summed E-state index contributed by atoms with van der Waals surface area (Å²) in [5.74, 6) is -0.554. The molecule has 4 heteroatoms. The van der Waals surface area contributed by atoms with E-state index in [1.165, 1.54) is 12.1 Å². The lowest BCUT2D eigenvalue weighted by Crippen LogP contribution is -2.34. The van der Waals surface area contributed by atoms with E-state index in [2.05, 4.69) is 48.9 Å². The van der Waals surface area contributed by atoms with Gasteiger partial charge >= 0.3 is 0 Å². The minimum atomic E-state index is -0.509. The topological polar surface area (TPSA) is 29.1 Å². The maximum absolute atomic E-state index is 13.6. The SMILES string of the molecule is CC(CNC(=O)c1ccc(Br)cc1F)C(C)(C)C. The van der Waals surface area contributed by atoms with Crippen LogP contribution in [0.15, 0.2) is 22.7 Å². The van der Waals surface area contributed by atoms with Gasteiger partial charge in [-0.1, -0.05) is 43.6 Å². The highest BCUT2D eigenvalue weighted by molar-refractivity contribution is 9.10. The predicted octanol–water partition coefficient (Wildman–Crippen LogP) is 4.00. The fourth-order valence-corrected chi connectivity index (χ4v) is 1.65. The fraction of sp³-hybridized carbons (Fsp3) is 0.500. The maximum atomic E-state index is 13.6. The van der Waals surface area contributed by atoms with Gasteiger partial charge in [0.15, 0.2) is 0 Å². The molecule has 0 saturated heterocycles. The van der Waals surface area contributed by atoms with E-state index < -0.39 is 5.82 Å². The van der Waals surface area contributed by atoms with Crippen LogP contribution < -0.4 is 5.32 Å². The van der Waals surface area contributed by atoms with Gasteiger partial charge in [0.25, 0.3) is 5.91 Å². The molecule has 0 fully saturated rings. The third kappa shape index (κ3) is 4.09. The molecule has 18 heavy (non-hydrogen) atoms. The number of hydrogen-bond acceptors (Lipinski definition) is 1. The van der Waals surface area contributed by atoms with Gasteiger partial charge in [-0.05, 0) is 29.5 Å². The molecular weight excluding hydrogens is 297 g/mol. The van der Waals surface area contributed by atoms with Crippen LogP contribution in [0.25, 0.3) is 0 Å². The van der Waals surface area contributed by atoms with Gasteiger partial charge < -0.3 is 5.32 Å². The molecule has 1 rings (SSSR count). The Kier molecular flexibility index (Phi) is 4.91. The number of benzene rings is 1. The van der Waals surface area contributed by atoms with Crippen LogP contribution >= 0.6 is 15.9 Å². The van der Waals surface area contributed by atoms with Crippen molar-refractivity contribution in [3.05, 3.63) is 34.1 Å². The third-order valence-electron chi connectivity index (χ3n) is 3.22. The van der Waals surface area contributed by atoms with Crippen LogP contribution in [0.5, 0.6) is 0 Å². The summed E-state index contributed by atoms with van der Waals surface area (Å²) >= 11 is 3.16. The van der Waals surface area contributed by atoms with Crippen LogP contribution in [0.2, 0.25) is 0 Å². The second-order valence-corrected chi connectivity index (χ2v) is 6.52. The van der Waals surface area contributed by atoms with Gasteiger partial charge in [-0.2, -0.15) is 0 Å². The minimum absolute atomic E-state index is 0.0827. The van der Waals surface area contributed by atoms with Crippen LogP contribution in [0, 0.1) is 17.2 Å². The first-order valence-electron chi connectivity index (χ1n) is 5.95. The molecule has 1 unspecified atom stereocenters. The summed E-state index contributed by atoms with van der Waals surface area (Å²) in [7, 11) is 0. The molecule has 0 bridgehead atoms. The molecule has 1 aromatic rings. The van der Waals surface area contributed by atoms with E-state index >= 15 is 0 Å². The van der Waals surface area contributed by atoms with Crippen LogP contribution in [-0.4, -0.2) is 12.5 Å². The monoisotopic (exact) mass is 315 g/mol. The van der Waals surface area contributed by atoms with Crippen molar-refractivity contribution >= 4 is 21.8 Å². The highest BCUT2D eigenvalue weighted by Gasteiger charge is 2.21. The van der Waals surface area contributed by atoms with Crippen molar-refractivity contribution in [2.45, 2.75) is 27.7 Å². The summed E-state index contributed by atoms with van der Waals surface area (Å²) in [4.78, 5) is 11.8. The quantitative estimate of drug-likeness (QED) is 0.897. The van der Waals surface area contributed by atoms with E-state index in [0.717, 1.165) is 0 Å². The number of halogens is 2. The first-order chi connectivity index (χ1) is 8.21. The van der Waals surface area contributed by atoms with Crippen molar-refractivity contribution in [2.24, 2.45) is 11.3 Å². The van der Waals surface area contributed by atoms with Crippen molar-refractivity contribution < 1.29 is 9.18 Å². The van der Waals surface area contributed by atoms with Crippen LogP contribution in [-0.2, 0) is 0 Å². The molecule has 0 aliphatic heterocycles. The molecule has 0 heterocycles. The largest absolute Gasteiger partial charge is 0.352 e. The summed E-state index contributed by atoms with van der Waals surface area (Å²) in [6, 6.07) is 4.43. The standard InChI is InChI=1S/C14H19BrFNO/c1-9(14(2,3)4)8-17-13(18)11-6-5-10(15)7-12(11)16/h5-7,9H,8H2,1-4H3,(H,17,18). The maximum Gasteiger partial charge on any atom is 0.254 e. The summed E-state index contributed by atoms with van der Waals surface area (Å²) in [5.41, 5.74) is 0.199. The normalized spacial score (nSPS) is 13.2. The second-order valence-electron chi connectivity index (χ2n) is 5.60. The Morgan fingerprint density at radius 1 is 1.44 bits per heavy atom. The van der Waals surface area contributed by atoms with Crippen molar-refractivity contribution in [2.75, 3.05) is 6.54 Å². The number of nitrogens with one attached hydrogen (secondary N) is 1. The molecule has 0 aromatic heterocycles. The van der Waals surface area contributed by atoms with Gasteiger partial charge in [0.1, 0.15) is 5.82 Å². The van der Waals surface area contributed by atoms with E-state index in [9.17, 15) is 9.18 Å². The first kappa shape index (κ1) is 15.2. The molecule has 0 spiro atoms. The van der Waals surface area contributed by atoms with Gasteiger partial charge in [0, 0.05) is 11.0 Å². The summed E-state index contributed by atoms with van der Waals surface area (Å²) in [6.45, 7) is 8.95. The molecule has 0 saturated carbocycles. The van der Waals surface area contributed by atoms with Gasteiger partial charge in [-0.25, -0.2) is 4.39 Å². The van der Waals surface area contributed by atoms with Crippen molar-refractivity contribution in [1.29, 1.82) is 0 Å². The molecule has 1 N–H and O–H groups in total. The zero-order valence-corrected chi connectivity index (χ0v) is 12.8. The number of hydrogen-bond donors (Lipinski definition) is 1. The molecular formula is C14H19BrFNO. The highest BCUT2D eigenvalue weighted by Crippen LogP contribution is 2.24. The van der Waals surface area contributed by atoms with Gasteiger partial charge in [-0.3, -0.25) is 4.79 Å². The smallest absolute Gasteiger partial charge is 0.254 e. The average molecular weight is 316 g/mol. The van der Waals surface area contributed by atoms with E-state index in [1.807, 2.05) is 0 Å². The molecule has 0 radical (unpaired) electrons. The Hall–Kier alpha value is -0.900. The number of rotatable bonds is 3. The van der Waals surface area contributed by atoms with Crippen LogP contribution in [0.1, 0.15) is 38.1 Å². The lowest BCUT2D eigenvalue weighted by molar-refractivity contribution is 0.0933. The molecule has 2 nitrogen and oxygen atoms in total. The number of carbonyl (C=O) groups excluding carboxylic acids is 1. The zero-order valence-electron chi connectivity index (χ0n) is 11.2. The predicted molar refractivity (Wildman–Crippen MR) is 75.1 cm³/mol. The summed E-state index contributed by atoms with van der Waals surface area (Å²) in [6.07, 6.45) is 0. The molecule has 0 aliphatic carbocycles. The Morgan fingerprint density at radius 3 is 2.56 bits per heavy atom. The third-order valence-corrected chi connectivity index (χ3v) is 3.72. The van der Waals surface area contributed by atoms with Crippen molar-refractivity contribution in [1.82, 2.24) is 5.32 Å². The van der Waals surface area contributed by atoms with Crippen LogP contribution in [0.4, 0.5) is 4.39 Å². The molecule has 1 amide bonds. The lowest BCUT2D eigenvalue weighted by Gasteiger charge is -2.27. The van der Waals surface area contributed by atoms with Crippen molar-refractivity contribution in [3.8, 4) is 0 Å². The van der Waals surface area contributed by atoms with Crippen LogP contribution in [0.3, 0.4) is 0 Å². The average Bonchev–Trinajstić information content (AvgIpc) is 2.24. The van der Waals surface area contributed by atoms with Gasteiger partial charge in [0.05, 0.1) is 5.56 Å². The first-order valence-corrected chi connectivity index (χ1v) is 6.74. The van der Waals surface area contributed by atoms with Gasteiger partial charge in [-0.15, -0.1) is 0 Å².